The fourth-order valence-corrected chi connectivity index (χ4v) is 2.31. The number of aromatic nitrogens is 2. The van der Waals surface area contributed by atoms with E-state index in [1.54, 1.807) is 18.2 Å². The van der Waals surface area contributed by atoms with Crippen LogP contribution in [0.15, 0.2) is 30.5 Å². The predicted molar refractivity (Wildman–Crippen MR) is 83.3 cm³/mol. The SMILES string of the molecule is NCCCNc1cnc(-c2cccc(O)c2)nc1C1CC1. The normalized spacial score (nSPS) is 14.1. The largest absolute Gasteiger partial charge is 0.508 e. The molecule has 1 saturated carbocycles. The number of hydrogen-bond acceptors (Lipinski definition) is 5. The van der Waals surface area contributed by atoms with Gasteiger partial charge in [0.05, 0.1) is 17.6 Å². The van der Waals surface area contributed by atoms with E-state index in [4.69, 9.17) is 10.7 Å². The quantitative estimate of drug-likeness (QED) is 0.710. The van der Waals surface area contributed by atoms with Crippen LogP contribution < -0.4 is 11.1 Å². The first-order valence-corrected chi connectivity index (χ1v) is 7.38. The molecule has 1 fully saturated rings. The molecule has 5 nitrogen and oxygen atoms in total. The van der Waals surface area contributed by atoms with E-state index in [1.165, 1.54) is 12.8 Å². The van der Waals surface area contributed by atoms with Gasteiger partial charge in [0.25, 0.3) is 0 Å². The zero-order chi connectivity index (χ0) is 14.7. The highest BCUT2D eigenvalue weighted by atomic mass is 16.3. The van der Waals surface area contributed by atoms with E-state index in [1.807, 2.05) is 12.3 Å². The number of nitrogens with zero attached hydrogens (tertiary/aromatic N) is 2. The zero-order valence-corrected chi connectivity index (χ0v) is 11.9. The van der Waals surface area contributed by atoms with Crippen molar-refractivity contribution in [2.75, 3.05) is 18.4 Å². The summed E-state index contributed by atoms with van der Waals surface area (Å²) in [5.41, 5.74) is 8.45. The third-order valence-corrected chi connectivity index (χ3v) is 3.58. The Kier molecular flexibility index (Phi) is 4.01. The lowest BCUT2D eigenvalue weighted by molar-refractivity contribution is 0.475. The monoisotopic (exact) mass is 284 g/mol. The van der Waals surface area contributed by atoms with Gasteiger partial charge in [-0.3, -0.25) is 0 Å². The van der Waals surface area contributed by atoms with Gasteiger partial charge in [-0.1, -0.05) is 12.1 Å². The molecule has 5 heteroatoms. The molecule has 3 rings (SSSR count). The minimum atomic E-state index is 0.231. The fraction of sp³-hybridized carbons (Fsp3) is 0.375. The first-order chi connectivity index (χ1) is 10.3. The number of nitrogens with two attached hydrogens (primary N) is 1. The van der Waals surface area contributed by atoms with E-state index in [0.29, 0.717) is 18.3 Å². The third kappa shape index (κ3) is 3.31. The molecule has 1 heterocycles. The number of benzene rings is 1. The van der Waals surface area contributed by atoms with Crippen molar-refractivity contribution in [1.82, 2.24) is 9.97 Å². The van der Waals surface area contributed by atoms with Crippen LogP contribution >= 0.6 is 0 Å². The Labute approximate surface area is 124 Å². The van der Waals surface area contributed by atoms with Crippen LogP contribution in [0.25, 0.3) is 11.4 Å². The van der Waals surface area contributed by atoms with Crippen LogP contribution in [0.5, 0.6) is 5.75 Å². The molecule has 1 aromatic heterocycles. The number of nitrogens with one attached hydrogen (secondary N) is 1. The Bertz CT molecular complexity index is 625. The summed E-state index contributed by atoms with van der Waals surface area (Å²) in [5.74, 6) is 1.43. The molecule has 1 aliphatic rings. The van der Waals surface area contributed by atoms with Gasteiger partial charge in [0.1, 0.15) is 5.75 Å². The highest BCUT2D eigenvalue weighted by Crippen LogP contribution is 2.42. The second-order valence-corrected chi connectivity index (χ2v) is 5.39. The summed E-state index contributed by atoms with van der Waals surface area (Å²) in [6.45, 7) is 1.51. The summed E-state index contributed by atoms with van der Waals surface area (Å²) in [7, 11) is 0. The Morgan fingerprint density at radius 3 is 2.90 bits per heavy atom. The number of anilines is 1. The Morgan fingerprint density at radius 1 is 1.33 bits per heavy atom. The molecular weight excluding hydrogens is 264 g/mol. The van der Waals surface area contributed by atoms with Crippen molar-refractivity contribution in [2.24, 2.45) is 5.73 Å². The minimum Gasteiger partial charge on any atom is -0.508 e. The van der Waals surface area contributed by atoms with Gasteiger partial charge in [-0.25, -0.2) is 9.97 Å². The van der Waals surface area contributed by atoms with Gasteiger partial charge < -0.3 is 16.2 Å². The number of rotatable bonds is 6. The van der Waals surface area contributed by atoms with E-state index >= 15 is 0 Å². The van der Waals surface area contributed by atoms with Crippen LogP contribution in [0, 0.1) is 0 Å². The molecule has 1 aliphatic carbocycles. The van der Waals surface area contributed by atoms with Crippen molar-refractivity contribution in [3.63, 3.8) is 0 Å². The van der Waals surface area contributed by atoms with E-state index in [0.717, 1.165) is 29.9 Å². The number of phenols is 1. The molecule has 110 valence electrons. The smallest absolute Gasteiger partial charge is 0.159 e. The second-order valence-electron chi connectivity index (χ2n) is 5.39. The number of phenolic OH excluding ortho intramolecular Hbond substituents is 1. The van der Waals surface area contributed by atoms with Crippen LogP contribution in [0.2, 0.25) is 0 Å². The van der Waals surface area contributed by atoms with Crippen LogP contribution in [-0.4, -0.2) is 28.2 Å². The van der Waals surface area contributed by atoms with Gasteiger partial charge in [-0.05, 0) is 37.9 Å². The molecule has 2 aromatic rings. The second kappa shape index (κ2) is 6.10. The average Bonchev–Trinajstić information content (AvgIpc) is 3.32. The van der Waals surface area contributed by atoms with E-state index < -0.39 is 0 Å². The molecule has 0 spiro atoms. The Morgan fingerprint density at radius 2 is 2.19 bits per heavy atom. The van der Waals surface area contributed by atoms with Gasteiger partial charge in [0.2, 0.25) is 0 Å². The summed E-state index contributed by atoms with van der Waals surface area (Å²) in [6, 6.07) is 7.05. The molecule has 0 aliphatic heterocycles. The zero-order valence-electron chi connectivity index (χ0n) is 11.9. The summed E-state index contributed by atoms with van der Waals surface area (Å²) in [5, 5.41) is 13.0. The van der Waals surface area contributed by atoms with Crippen LogP contribution in [0.3, 0.4) is 0 Å². The van der Waals surface area contributed by atoms with Crippen molar-refractivity contribution in [3.05, 3.63) is 36.2 Å². The van der Waals surface area contributed by atoms with Crippen LogP contribution in [0.4, 0.5) is 5.69 Å². The highest BCUT2D eigenvalue weighted by Gasteiger charge is 2.28. The first-order valence-electron chi connectivity index (χ1n) is 7.38. The molecule has 0 bridgehead atoms. The average molecular weight is 284 g/mol. The van der Waals surface area contributed by atoms with Crippen molar-refractivity contribution in [3.8, 4) is 17.1 Å². The van der Waals surface area contributed by atoms with Crippen molar-refractivity contribution in [2.45, 2.75) is 25.2 Å². The minimum absolute atomic E-state index is 0.231. The summed E-state index contributed by atoms with van der Waals surface area (Å²) < 4.78 is 0. The number of aromatic hydroxyl groups is 1. The number of hydrogen-bond donors (Lipinski definition) is 3. The molecule has 21 heavy (non-hydrogen) atoms. The first kappa shape index (κ1) is 13.8. The molecular formula is C16H20N4O. The molecule has 0 atom stereocenters. The molecule has 4 N–H and O–H groups in total. The van der Waals surface area contributed by atoms with Crippen LogP contribution in [0.1, 0.15) is 30.9 Å². The van der Waals surface area contributed by atoms with Crippen LogP contribution in [-0.2, 0) is 0 Å². The molecule has 0 amide bonds. The van der Waals surface area contributed by atoms with Gasteiger partial charge in [0.15, 0.2) is 5.82 Å². The molecule has 1 aromatic carbocycles. The fourth-order valence-electron chi connectivity index (χ4n) is 2.31. The topological polar surface area (TPSA) is 84.1 Å². The van der Waals surface area contributed by atoms with Crippen molar-refractivity contribution < 1.29 is 5.11 Å². The van der Waals surface area contributed by atoms with Gasteiger partial charge in [-0.15, -0.1) is 0 Å². The molecule has 0 unspecified atom stereocenters. The Hall–Kier alpha value is -2.14. The lowest BCUT2D eigenvalue weighted by Crippen LogP contribution is -2.11. The summed E-state index contributed by atoms with van der Waals surface area (Å²) >= 11 is 0. The molecule has 0 radical (unpaired) electrons. The maximum absolute atomic E-state index is 9.58. The van der Waals surface area contributed by atoms with Gasteiger partial charge >= 0.3 is 0 Å². The Balaban J connectivity index is 1.88. The predicted octanol–water partition coefficient (Wildman–Crippen LogP) is 2.49. The standard InChI is InChI=1S/C16H20N4O/c17-7-2-8-18-14-10-19-16(20-15(14)11-5-6-11)12-3-1-4-13(21)9-12/h1,3-4,9-11,18,21H,2,5-8,17H2. The van der Waals surface area contributed by atoms with Gasteiger partial charge in [0, 0.05) is 18.0 Å². The summed E-state index contributed by atoms with van der Waals surface area (Å²) in [4.78, 5) is 9.13. The van der Waals surface area contributed by atoms with Gasteiger partial charge in [-0.2, -0.15) is 0 Å². The maximum Gasteiger partial charge on any atom is 0.159 e. The van der Waals surface area contributed by atoms with E-state index in [9.17, 15) is 5.11 Å². The van der Waals surface area contributed by atoms with Crippen molar-refractivity contribution >= 4 is 5.69 Å². The molecule has 0 saturated heterocycles. The lowest BCUT2D eigenvalue weighted by atomic mass is 10.1. The lowest BCUT2D eigenvalue weighted by Gasteiger charge is -2.11. The van der Waals surface area contributed by atoms with Crippen molar-refractivity contribution in [1.29, 1.82) is 0 Å². The summed E-state index contributed by atoms with van der Waals surface area (Å²) in [6.07, 6.45) is 5.14. The third-order valence-electron chi connectivity index (χ3n) is 3.58. The highest BCUT2D eigenvalue weighted by molar-refractivity contribution is 5.60. The van der Waals surface area contributed by atoms with E-state index in [2.05, 4.69) is 10.3 Å². The maximum atomic E-state index is 9.58. The van der Waals surface area contributed by atoms with E-state index in [-0.39, 0.29) is 5.75 Å².